The number of hydrogen-bond donors (Lipinski definition) is 3. The summed E-state index contributed by atoms with van der Waals surface area (Å²) in [6.45, 7) is 14.2. The van der Waals surface area contributed by atoms with E-state index < -0.39 is 0 Å². The second kappa shape index (κ2) is 25.7. The van der Waals surface area contributed by atoms with E-state index in [1.54, 1.807) is 54.4 Å². The van der Waals surface area contributed by atoms with E-state index in [9.17, 15) is 0 Å². The largest absolute Gasteiger partial charge is 0.397 e. The molecule has 0 spiro atoms. The molecule has 0 aliphatic rings. The van der Waals surface area contributed by atoms with Crippen molar-refractivity contribution >= 4 is 45.9 Å². The van der Waals surface area contributed by atoms with Crippen molar-refractivity contribution in [3.05, 3.63) is 108 Å². The first kappa shape index (κ1) is 39.4. The summed E-state index contributed by atoms with van der Waals surface area (Å²) in [7, 11) is 0. The van der Waals surface area contributed by atoms with Gasteiger partial charge in [-0.3, -0.25) is 0 Å². The number of para-hydroxylation sites is 2. The van der Waals surface area contributed by atoms with Gasteiger partial charge in [0.2, 0.25) is 11.9 Å². The van der Waals surface area contributed by atoms with E-state index in [1.807, 2.05) is 111 Å². The Morgan fingerprint density at radius 2 is 0.891 bits per heavy atom. The summed E-state index contributed by atoms with van der Waals surface area (Å²) in [5.41, 5.74) is 3.60. The maximum absolute atomic E-state index is 7.57. The predicted molar refractivity (Wildman–Crippen MR) is 197 cm³/mol. The van der Waals surface area contributed by atoms with Gasteiger partial charge in [-0.2, -0.15) is 0 Å². The maximum atomic E-state index is 7.57. The minimum Gasteiger partial charge on any atom is -0.397 e. The van der Waals surface area contributed by atoms with Gasteiger partial charge in [0.1, 0.15) is 21.4 Å². The highest BCUT2D eigenvalue weighted by molar-refractivity contribution is 7.13. The number of anilines is 4. The summed E-state index contributed by atoms with van der Waals surface area (Å²) in [6, 6.07) is 23.4. The van der Waals surface area contributed by atoms with E-state index >= 15 is 0 Å². The van der Waals surface area contributed by atoms with E-state index in [2.05, 4.69) is 54.4 Å². The molecule has 3 N–H and O–H groups in total. The SMILES string of the molecule is CC.CC.CCC.CCO.c1ccc(Nc2nccc(-c3nccs3)n2)cc1.c1ccc(Nc2nccc(-c3nccs3)n2)cc1. The van der Waals surface area contributed by atoms with Crippen LogP contribution in [0.15, 0.2) is 108 Å². The molecule has 0 aliphatic heterocycles. The van der Waals surface area contributed by atoms with Gasteiger partial charge in [-0.15, -0.1) is 22.7 Å². The van der Waals surface area contributed by atoms with Crippen LogP contribution in [0.25, 0.3) is 21.4 Å². The highest BCUT2D eigenvalue weighted by Gasteiger charge is 2.05. The Morgan fingerprint density at radius 3 is 1.20 bits per heavy atom. The van der Waals surface area contributed by atoms with Crippen molar-refractivity contribution in [2.75, 3.05) is 17.2 Å². The van der Waals surface area contributed by atoms with Crippen LogP contribution in [0.3, 0.4) is 0 Å². The summed E-state index contributed by atoms with van der Waals surface area (Å²) in [5, 5.41) is 19.5. The van der Waals surface area contributed by atoms with Gasteiger partial charge in [0.25, 0.3) is 0 Å². The molecule has 11 heteroatoms. The molecule has 9 nitrogen and oxygen atoms in total. The summed E-state index contributed by atoms with van der Waals surface area (Å²) < 4.78 is 0. The molecule has 0 amide bonds. The summed E-state index contributed by atoms with van der Waals surface area (Å²) >= 11 is 3.12. The minimum atomic E-state index is 0.250. The fraction of sp³-hybridized carbons (Fsp3) is 0.257. The molecule has 2 aromatic carbocycles. The van der Waals surface area contributed by atoms with Gasteiger partial charge < -0.3 is 15.7 Å². The monoisotopic (exact) mass is 658 g/mol. The fourth-order valence-electron chi connectivity index (χ4n) is 3.08. The smallest absolute Gasteiger partial charge is 0.227 e. The number of nitrogens with zero attached hydrogens (tertiary/aromatic N) is 6. The lowest BCUT2D eigenvalue weighted by molar-refractivity contribution is 0.318. The zero-order chi connectivity index (χ0) is 33.8. The molecule has 46 heavy (non-hydrogen) atoms. The third-order valence-electron chi connectivity index (χ3n) is 4.67. The van der Waals surface area contributed by atoms with Crippen LogP contribution < -0.4 is 10.6 Å². The van der Waals surface area contributed by atoms with Crippen molar-refractivity contribution in [3.8, 4) is 21.4 Å². The number of aromatic nitrogens is 6. The van der Waals surface area contributed by atoms with Gasteiger partial charge in [0.15, 0.2) is 0 Å². The van der Waals surface area contributed by atoms with Gasteiger partial charge in [0.05, 0.1) is 0 Å². The lowest BCUT2D eigenvalue weighted by atomic mass is 10.3. The molecule has 4 heterocycles. The second-order valence-electron chi connectivity index (χ2n) is 8.21. The van der Waals surface area contributed by atoms with Crippen LogP contribution in [0.1, 0.15) is 54.9 Å². The lowest BCUT2D eigenvalue weighted by Gasteiger charge is -2.04. The summed E-state index contributed by atoms with van der Waals surface area (Å²) in [5.74, 6) is 1.16. The molecule has 0 bridgehead atoms. The molecule has 0 saturated carbocycles. The van der Waals surface area contributed by atoms with Gasteiger partial charge in [-0.25, -0.2) is 29.9 Å². The number of aliphatic hydroxyl groups excluding tert-OH is 1. The first-order valence-electron chi connectivity index (χ1n) is 15.4. The Balaban J connectivity index is 0.000000360. The normalized spacial score (nSPS) is 9.04. The average Bonchev–Trinajstić information content (AvgIpc) is 3.85. The Morgan fingerprint density at radius 1 is 0.543 bits per heavy atom. The van der Waals surface area contributed by atoms with Gasteiger partial charge in [-0.05, 0) is 43.3 Å². The van der Waals surface area contributed by atoms with E-state index in [1.165, 1.54) is 6.42 Å². The van der Waals surface area contributed by atoms with E-state index in [4.69, 9.17) is 5.11 Å². The van der Waals surface area contributed by atoms with Crippen molar-refractivity contribution in [1.29, 1.82) is 0 Å². The number of benzene rings is 2. The van der Waals surface area contributed by atoms with E-state index in [-0.39, 0.29) is 6.61 Å². The average molecular weight is 659 g/mol. The molecule has 6 aromatic rings. The predicted octanol–water partition coefficient (Wildman–Crippen LogP) is 10.2. The van der Waals surface area contributed by atoms with Crippen LogP contribution in [0, 0.1) is 0 Å². The van der Waals surface area contributed by atoms with Crippen LogP contribution in [0.2, 0.25) is 0 Å². The van der Waals surface area contributed by atoms with Crippen molar-refractivity contribution in [2.24, 2.45) is 0 Å². The van der Waals surface area contributed by atoms with Crippen LogP contribution in [0.4, 0.5) is 23.3 Å². The molecular formula is C35H46N8OS2. The van der Waals surface area contributed by atoms with Crippen LogP contribution in [-0.2, 0) is 0 Å². The summed E-state index contributed by atoms with van der Waals surface area (Å²) in [6.07, 6.45) is 8.25. The molecule has 0 atom stereocenters. The van der Waals surface area contributed by atoms with Gasteiger partial charge >= 0.3 is 0 Å². The van der Waals surface area contributed by atoms with Crippen molar-refractivity contribution in [3.63, 3.8) is 0 Å². The third-order valence-corrected chi connectivity index (χ3v) is 6.27. The molecule has 0 saturated heterocycles. The molecule has 0 fully saturated rings. The van der Waals surface area contributed by atoms with Crippen molar-refractivity contribution in [2.45, 2.75) is 54.9 Å². The zero-order valence-corrected chi connectivity index (χ0v) is 29.4. The maximum Gasteiger partial charge on any atom is 0.227 e. The quantitative estimate of drug-likeness (QED) is 0.160. The number of hydrogen-bond acceptors (Lipinski definition) is 11. The highest BCUT2D eigenvalue weighted by Crippen LogP contribution is 2.22. The van der Waals surface area contributed by atoms with Crippen molar-refractivity contribution in [1.82, 2.24) is 29.9 Å². The van der Waals surface area contributed by atoms with Crippen LogP contribution in [-0.4, -0.2) is 41.6 Å². The number of nitrogens with one attached hydrogen (secondary N) is 2. The first-order valence-corrected chi connectivity index (χ1v) is 17.1. The molecule has 244 valence electrons. The molecule has 4 aromatic heterocycles. The number of aliphatic hydroxyl groups is 1. The van der Waals surface area contributed by atoms with Crippen LogP contribution in [0.5, 0.6) is 0 Å². The van der Waals surface area contributed by atoms with Crippen molar-refractivity contribution < 1.29 is 5.11 Å². The molecule has 0 unspecified atom stereocenters. The Hall–Kier alpha value is -4.58. The minimum absolute atomic E-state index is 0.250. The topological polar surface area (TPSA) is 122 Å². The molecule has 6 rings (SSSR count). The first-order chi connectivity index (χ1) is 22.7. The number of rotatable bonds is 6. The molecule has 0 aliphatic carbocycles. The fourth-order valence-corrected chi connectivity index (χ4v) is 4.29. The lowest BCUT2D eigenvalue weighted by Crippen LogP contribution is -1.97. The summed E-state index contributed by atoms with van der Waals surface area (Å²) in [4.78, 5) is 25.7. The number of thiazole rings is 2. The zero-order valence-electron chi connectivity index (χ0n) is 27.8. The van der Waals surface area contributed by atoms with Gasteiger partial charge in [0, 0.05) is 53.5 Å². The standard InChI is InChI=1S/2C13H10N4S.C3H8.C2H6O.2C2H6/c2*1-2-4-10(5-3-1)16-13-15-7-6-11(17-13)12-14-8-9-18-12;1-3-2;1-2-3;2*1-2/h2*1-9H,(H,15,16,17);3H2,1-2H3;3H,2H2,1H3;2*1-2H3. The third kappa shape index (κ3) is 15.4. The van der Waals surface area contributed by atoms with E-state index in [0.717, 1.165) is 32.8 Å². The van der Waals surface area contributed by atoms with Crippen LogP contribution >= 0.6 is 22.7 Å². The van der Waals surface area contributed by atoms with Gasteiger partial charge in [-0.1, -0.05) is 84.4 Å². The Bertz CT molecular complexity index is 1400. The highest BCUT2D eigenvalue weighted by atomic mass is 32.1. The second-order valence-corrected chi connectivity index (χ2v) is 10.0. The molecular weight excluding hydrogens is 613 g/mol. The van der Waals surface area contributed by atoms with E-state index in [0.29, 0.717) is 11.9 Å². The Labute approximate surface area is 282 Å². The molecule has 0 radical (unpaired) electrons. The Kier molecular flexibility index (Phi) is 22.1.